The molecule has 0 aromatic heterocycles. The normalized spacial score (nSPS) is 25.5. The van der Waals surface area contributed by atoms with Crippen LogP contribution >= 0.6 is 0 Å². The van der Waals surface area contributed by atoms with Crippen LogP contribution in [-0.2, 0) is 0 Å². The lowest BCUT2D eigenvalue weighted by Crippen LogP contribution is -2.45. The van der Waals surface area contributed by atoms with Gasteiger partial charge in [0.15, 0.2) is 5.70 Å². The van der Waals surface area contributed by atoms with E-state index in [1.165, 1.54) is 0 Å². The molecule has 21 heavy (non-hydrogen) atoms. The molecule has 0 aliphatic carbocycles. The molecule has 2 rings (SSSR count). The molecular weight excluding hydrogens is 270 g/mol. The van der Waals surface area contributed by atoms with Gasteiger partial charge < -0.3 is 20.1 Å². The van der Waals surface area contributed by atoms with E-state index in [9.17, 15) is 5.21 Å². The van der Waals surface area contributed by atoms with Gasteiger partial charge in [-0.2, -0.15) is 0 Å². The van der Waals surface area contributed by atoms with Gasteiger partial charge in [-0.05, 0) is 25.1 Å². The molecule has 0 saturated heterocycles. The predicted octanol–water partition coefficient (Wildman–Crippen LogP) is 1.67. The summed E-state index contributed by atoms with van der Waals surface area (Å²) < 4.78 is 10.4. The van der Waals surface area contributed by atoms with Crippen LogP contribution in [0.25, 0.3) is 0 Å². The second kappa shape index (κ2) is 5.55. The van der Waals surface area contributed by atoms with E-state index in [-0.39, 0.29) is 10.8 Å². The summed E-state index contributed by atoms with van der Waals surface area (Å²) in [6.07, 6.45) is -0.325. The summed E-state index contributed by atoms with van der Waals surface area (Å²) in [6, 6.07) is 5.57. The molecule has 1 heterocycles. The molecule has 0 saturated carbocycles. The lowest BCUT2D eigenvalue weighted by molar-refractivity contribution is -1.08. The largest absolute Gasteiger partial charge is 0.497 e. The molecule has 2 unspecified atom stereocenters. The van der Waals surface area contributed by atoms with E-state index >= 15 is 0 Å². The number of methoxy groups -OCH3 is 2. The first-order valence-electron chi connectivity index (χ1n) is 6.82. The van der Waals surface area contributed by atoms with Crippen LogP contribution in [0.15, 0.2) is 29.6 Å². The van der Waals surface area contributed by atoms with Crippen LogP contribution in [0.1, 0.15) is 18.7 Å². The fraction of sp³-hybridized carbons (Fsp3) is 0.467. The van der Waals surface area contributed by atoms with Gasteiger partial charge in [-0.1, -0.05) is 0 Å². The summed E-state index contributed by atoms with van der Waals surface area (Å²) in [7, 11) is 6.91. The van der Waals surface area contributed by atoms with E-state index in [0.29, 0.717) is 12.3 Å². The highest BCUT2D eigenvalue weighted by molar-refractivity contribution is 5.42. The van der Waals surface area contributed by atoms with Crippen molar-refractivity contribution in [3.8, 4) is 11.5 Å². The number of hydroxylamine groups is 3. The molecule has 6 heteroatoms. The molecule has 1 aromatic rings. The van der Waals surface area contributed by atoms with Crippen LogP contribution in [0.4, 0.5) is 0 Å². The highest BCUT2D eigenvalue weighted by Crippen LogP contribution is 2.45. The van der Waals surface area contributed by atoms with Gasteiger partial charge in [0.05, 0.1) is 32.0 Å². The van der Waals surface area contributed by atoms with Crippen molar-refractivity contribution >= 4 is 0 Å². The Morgan fingerprint density at radius 3 is 2.48 bits per heavy atom. The Hall–Kier alpha value is -1.76. The number of likely N-dealkylation sites (N-methyl/N-ethyl adjacent to an activating group) is 1. The van der Waals surface area contributed by atoms with Crippen LogP contribution in [0.5, 0.6) is 11.5 Å². The third kappa shape index (κ3) is 2.35. The summed E-state index contributed by atoms with van der Waals surface area (Å²) in [5, 5.41) is 11.0. The first kappa shape index (κ1) is 15.6. The molecule has 0 amide bonds. The van der Waals surface area contributed by atoms with E-state index in [2.05, 4.69) is 0 Å². The number of ether oxygens (including phenoxy) is 2. The minimum Gasteiger partial charge on any atom is -0.497 e. The van der Waals surface area contributed by atoms with Crippen LogP contribution in [-0.4, -0.2) is 49.6 Å². The van der Waals surface area contributed by atoms with Gasteiger partial charge in [0.25, 0.3) is 0 Å². The van der Waals surface area contributed by atoms with E-state index in [0.717, 1.165) is 22.7 Å². The SMILES string of the molecule is COc1ccc(OC)c(C2N(C)C(C)=C(CN)[N+]2(C)O)c1. The Bertz CT molecular complexity index is 569. The third-order valence-electron chi connectivity index (χ3n) is 4.24. The monoisotopic (exact) mass is 294 g/mol. The minimum atomic E-state index is -0.325. The Balaban J connectivity index is 2.57. The van der Waals surface area contributed by atoms with E-state index in [1.54, 1.807) is 21.3 Å². The Labute approximate surface area is 125 Å². The first-order chi connectivity index (χ1) is 9.88. The topological polar surface area (TPSA) is 68.0 Å². The summed E-state index contributed by atoms with van der Waals surface area (Å²) in [5.41, 5.74) is 8.42. The quantitative estimate of drug-likeness (QED) is 0.827. The molecule has 1 aromatic carbocycles. The van der Waals surface area contributed by atoms with Crippen molar-refractivity contribution in [3.05, 3.63) is 35.2 Å². The minimum absolute atomic E-state index is 0.298. The molecule has 0 bridgehead atoms. The van der Waals surface area contributed by atoms with Crippen LogP contribution in [0.2, 0.25) is 0 Å². The fourth-order valence-corrected chi connectivity index (χ4v) is 3.05. The predicted molar refractivity (Wildman–Crippen MR) is 79.8 cm³/mol. The summed E-state index contributed by atoms with van der Waals surface area (Å²) >= 11 is 0. The third-order valence-corrected chi connectivity index (χ3v) is 4.24. The van der Waals surface area contributed by atoms with E-state index < -0.39 is 0 Å². The van der Waals surface area contributed by atoms with Crippen molar-refractivity contribution in [1.29, 1.82) is 0 Å². The average Bonchev–Trinajstić information content (AvgIpc) is 2.63. The van der Waals surface area contributed by atoms with Gasteiger partial charge in [-0.25, -0.2) is 5.21 Å². The van der Waals surface area contributed by atoms with Crippen molar-refractivity contribution in [1.82, 2.24) is 4.90 Å². The molecule has 1 aliphatic heterocycles. The number of nitrogens with two attached hydrogens (primary N) is 1. The smallest absolute Gasteiger partial charge is 0.229 e. The van der Waals surface area contributed by atoms with Gasteiger partial charge in [0.2, 0.25) is 6.17 Å². The number of quaternary nitrogens is 1. The average molecular weight is 294 g/mol. The zero-order valence-electron chi connectivity index (χ0n) is 13.3. The lowest BCUT2D eigenvalue weighted by atomic mass is 10.1. The van der Waals surface area contributed by atoms with Crippen LogP contribution < -0.4 is 15.2 Å². The zero-order valence-corrected chi connectivity index (χ0v) is 13.3. The highest BCUT2D eigenvalue weighted by Gasteiger charge is 2.49. The number of hydrogen-bond acceptors (Lipinski definition) is 5. The maximum atomic E-state index is 11.0. The van der Waals surface area contributed by atoms with Crippen LogP contribution in [0.3, 0.4) is 0 Å². The lowest BCUT2D eigenvalue weighted by Gasteiger charge is -2.33. The second-order valence-corrected chi connectivity index (χ2v) is 5.36. The standard InChI is InChI=1S/C15H24N3O3/c1-10-13(9-16)18(3,19)15(17(10)2)12-8-11(20-4)6-7-14(12)21-5/h6-8,15,19H,9,16H2,1-5H3/q+1. The second-order valence-electron chi connectivity index (χ2n) is 5.36. The number of hydrogen-bond donors (Lipinski definition) is 2. The zero-order chi connectivity index (χ0) is 15.8. The van der Waals surface area contributed by atoms with Crippen molar-refractivity contribution in [2.45, 2.75) is 13.1 Å². The molecule has 116 valence electrons. The molecular formula is C15H24N3O3+. The van der Waals surface area contributed by atoms with Gasteiger partial charge >= 0.3 is 0 Å². The van der Waals surface area contributed by atoms with E-state index in [4.69, 9.17) is 15.2 Å². The molecule has 1 aliphatic rings. The fourth-order valence-electron chi connectivity index (χ4n) is 3.05. The van der Waals surface area contributed by atoms with Gasteiger partial charge in [0, 0.05) is 7.05 Å². The number of allylic oxidation sites excluding steroid dienone is 1. The van der Waals surface area contributed by atoms with Gasteiger partial charge in [0.1, 0.15) is 18.5 Å². The van der Waals surface area contributed by atoms with Crippen molar-refractivity contribution in [3.63, 3.8) is 0 Å². The Morgan fingerprint density at radius 2 is 2.00 bits per heavy atom. The first-order valence-corrected chi connectivity index (χ1v) is 6.82. The summed E-state index contributed by atoms with van der Waals surface area (Å²) in [5.74, 6) is 1.43. The molecule has 3 N–H and O–H groups in total. The molecule has 6 nitrogen and oxygen atoms in total. The molecule has 0 fully saturated rings. The number of rotatable bonds is 4. The molecule has 0 spiro atoms. The number of nitrogens with zero attached hydrogens (tertiary/aromatic N) is 2. The van der Waals surface area contributed by atoms with Crippen molar-refractivity contribution in [2.75, 3.05) is 34.9 Å². The maximum Gasteiger partial charge on any atom is 0.229 e. The van der Waals surface area contributed by atoms with Gasteiger partial charge in [-0.15, -0.1) is 4.65 Å². The number of benzene rings is 1. The van der Waals surface area contributed by atoms with Crippen molar-refractivity contribution in [2.24, 2.45) is 5.73 Å². The maximum absolute atomic E-state index is 11.0. The van der Waals surface area contributed by atoms with Crippen LogP contribution in [0, 0.1) is 0 Å². The summed E-state index contributed by atoms with van der Waals surface area (Å²) in [4.78, 5) is 2.01. The van der Waals surface area contributed by atoms with Crippen molar-refractivity contribution < 1.29 is 19.3 Å². The highest BCUT2D eigenvalue weighted by atomic mass is 16.6. The Morgan fingerprint density at radius 1 is 1.33 bits per heavy atom. The van der Waals surface area contributed by atoms with Gasteiger partial charge in [-0.3, -0.25) is 0 Å². The molecule has 0 radical (unpaired) electrons. The molecule has 2 atom stereocenters. The Kier molecular flexibility index (Phi) is 4.13. The van der Waals surface area contributed by atoms with E-state index in [1.807, 2.05) is 37.1 Å². The summed E-state index contributed by atoms with van der Waals surface area (Å²) in [6.45, 7) is 2.26.